The highest BCUT2D eigenvalue weighted by Gasteiger charge is 2.60. The summed E-state index contributed by atoms with van der Waals surface area (Å²) in [5.41, 5.74) is 4.91. The van der Waals surface area contributed by atoms with Crippen LogP contribution in [0.3, 0.4) is 0 Å². The predicted octanol–water partition coefficient (Wildman–Crippen LogP) is 5.56. The number of thioether (sulfide) groups is 1. The first-order valence-electron chi connectivity index (χ1n) is 21.1. The molecule has 4 aromatic rings. The third kappa shape index (κ3) is 6.47. The maximum Gasteiger partial charge on any atom is 0.336 e. The minimum Gasteiger partial charge on any atom is -0.504 e. The van der Waals surface area contributed by atoms with Gasteiger partial charge in [-0.15, -0.1) is 11.8 Å². The Morgan fingerprint density at radius 2 is 1.78 bits per heavy atom. The molecule has 0 amide bonds. The zero-order chi connectivity index (χ0) is 44.6. The lowest BCUT2D eigenvalue weighted by Gasteiger charge is -2.59. The van der Waals surface area contributed by atoms with E-state index in [0.29, 0.717) is 70.2 Å². The molecule has 7 heterocycles. The van der Waals surface area contributed by atoms with Gasteiger partial charge in [0.2, 0.25) is 6.79 Å². The molecule has 11 rings (SSSR count). The predicted molar refractivity (Wildman–Crippen MR) is 233 cm³/mol. The summed E-state index contributed by atoms with van der Waals surface area (Å²) in [4.78, 5) is 43.3. The Morgan fingerprint density at radius 3 is 2.53 bits per heavy atom. The van der Waals surface area contributed by atoms with Gasteiger partial charge < -0.3 is 43.6 Å². The van der Waals surface area contributed by atoms with Crippen LogP contribution in [0, 0.1) is 25.2 Å². The van der Waals surface area contributed by atoms with Gasteiger partial charge in [-0.1, -0.05) is 36.4 Å². The lowest BCUT2D eigenvalue weighted by Crippen LogP contribution is -2.69. The van der Waals surface area contributed by atoms with Crippen LogP contribution >= 0.6 is 11.8 Å². The average molecular weight is 887 g/mol. The molecule has 0 aliphatic carbocycles. The van der Waals surface area contributed by atoms with E-state index in [1.807, 2.05) is 50.2 Å². The Bertz CT molecular complexity index is 2700. The van der Waals surface area contributed by atoms with Gasteiger partial charge in [-0.2, -0.15) is 5.26 Å². The first-order valence-corrected chi connectivity index (χ1v) is 22.2. The standard InChI is InChI=1S/C48H46N4O11S/c1-23-15-28-16-30-31(19-49)52-32-20-59-47(56)48(29-18-33(57-4)34(17-27(29)13-14-50-48)63-35(54)12-11-26-9-7-6-8-10-26)21-64-46(40(52)39(51-30)36(28)41(55)42(23)58-5)38-37(32)45-44(60-22-61-45)24(2)43(38)62-25(3)53/h6-12,15,17-18,30-32,39-40,46,50-51,55H,13-14,16,20-22H2,1-5H3/b12-11+/t30-,31-,32-,39+,40?,46+,48+/m0/s1. The Kier molecular flexibility index (Phi) is 10.5. The van der Waals surface area contributed by atoms with Crippen molar-refractivity contribution in [3.63, 3.8) is 0 Å². The zero-order valence-electron chi connectivity index (χ0n) is 35.8. The van der Waals surface area contributed by atoms with Crippen LogP contribution in [0.15, 0.2) is 54.6 Å². The molecule has 16 heteroatoms. The van der Waals surface area contributed by atoms with Crippen molar-refractivity contribution < 1.29 is 52.6 Å². The molecular formula is C48H46N4O11S. The van der Waals surface area contributed by atoms with Gasteiger partial charge in [-0.25, -0.2) is 9.59 Å². The molecule has 4 bridgehead atoms. The molecule has 3 N–H and O–H groups in total. The van der Waals surface area contributed by atoms with Gasteiger partial charge >= 0.3 is 17.9 Å². The SMILES string of the molecule is COc1cc2c(cc1OC(=O)/C=C/c1ccccc1)CCN[C@]21CS[C@@H]2c3c(OC(C)=O)c(C)c4c(c3[C@H](COC1=O)N1C2[C@@H]2N[C@@H](Cc3cc(C)c(OC)c(O)c32)[C@@H]1C#N)OCO4. The molecule has 0 saturated carbocycles. The van der Waals surface area contributed by atoms with Crippen LogP contribution in [-0.4, -0.2) is 86.0 Å². The molecule has 2 fully saturated rings. The number of piperazine rings is 1. The first-order chi connectivity index (χ1) is 31.0. The summed E-state index contributed by atoms with van der Waals surface area (Å²) in [7, 11) is 2.99. The Hall–Kier alpha value is -6.25. The number of esters is 3. The number of hydrogen-bond donors (Lipinski definition) is 3. The number of phenols is 1. The van der Waals surface area contributed by atoms with Crippen LogP contribution in [0.1, 0.15) is 74.3 Å². The van der Waals surface area contributed by atoms with Crippen molar-refractivity contribution in [2.45, 2.75) is 74.6 Å². The normalized spacial score (nSPS) is 26.2. The highest BCUT2D eigenvalue weighted by Crippen LogP contribution is 2.63. The largest absolute Gasteiger partial charge is 0.504 e. The second-order valence-corrected chi connectivity index (χ2v) is 17.9. The number of methoxy groups -OCH3 is 2. The Morgan fingerprint density at radius 1 is 0.984 bits per heavy atom. The monoisotopic (exact) mass is 886 g/mol. The molecule has 4 aromatic carbocycles. The fourth-order valence-corrected chi connectivity index (χ4v) is 12.4. The topological polar surface area (TPSA) is 187 Å². The van der Waals surface area contributed by atoms with Crippen LogP contribution < -0.4 is 39.1 Å². The molecule has 2 saturated heterocycles. The van der Waals surface area contributed by atoms with Crippen molar-refractivity contribution in [2.24, 2.45) is 0 Å². The molecule has 7 aliphatic rings. The van der Waals surface area contributed by atoms with E-state index in [9.17, 15) is 20.0 Å². The highest BCUT2D eigenvalue weighted by molar-refractivity contribution is 7.99. The third-order valence-corrected chi connectivity index (χ3v) is 14.8. The van der Waals surface area contributed by atoms with E-state index < -0.39 is 52.9 Å². The number of aromatic hydroxyl groups is 1. The molecular weight excluding hydrogens is 841 g/mol. The average Bonchev–Trinajstić information content (AvgIpc) is 3.78. The number of hydrogen-bond acceptors (Lipinski definition) is 16. The lowest BCUT2D eigenvalue weighted by atomic mass is 9.72. The molecule has 15 nitrogen and oxygen atoms in total. The molecule has 7 aliphatic heterocycles. The first kappa shape index (κ1) is 41.7. The van der Waals surface area contributed by atoms with Crippen LogP contribution in [-0.2, 0) is 37.5 Å². The van der Waals surface area contributed by atoms with E-state index in [-0.39, 0.29) is 42.4 Å². The number of carbonyl (C=O) groups excluding carboxylic acids is 3. The number of phenolic OH excluding ortho intramolecular Hbond substituents is 1. The van der Waals surface area contributed by atoms with Gasteiger partial charge in [0.25, 0.3) is 0 Å². The Balaban J connectivity index is 1.14. The highest BCUT2D eigenvalue weighted by atomic mass is 32.2. The van der Waals surface area contributed by atoms with Crippen LogP contribution in [0.4, 0.5) is 0 Å². The smallest absolute Gasteiger partial charge is 0.336 e. The summed E-state index contributed by atoms with van der Waals surface area (Å²) in [6.07, 6.45) is 3.96. The summed E-state index contributed by atoms with van der Waals surface area (Å²) in [6.45, 7) is 5.13. The second kappa shape index (κ2) is 16.1. The van der Waals surface area contributed by atoms with Gasteiger partial charge in [0.1, 0.15) is 18.4 Å². The second-order valence-electron chi connectivity index (χ2n) is 16.8. The van der Waals surface area contributed by atoms with Gasteiger partial charge in [0.05, 0.1) is 37.6 Å². The number of fused-ring (bicyclic) bond motifs is 9. The number of nitriles is 1. The molecule has 0 aromatic heterocycles. The number of rotatable bonds is 6. The zero-order valence-corrected chi connectivity index (χ0v) is 36.6. The molecule has 0 radical (unpaired) electrons. The van der Waals surface area contributed by atoms with Gasteiger partial charge in [0.15, 0.2) is 40.0 Å². The lowest BCUT2D eigenvalue weighted by molar-refractivity contribution is -0.155. The van der Waals surface area contributed by atoms with E-state index in [0.717, 1.165) is 22.3 Å². The number of carbonyl (C=O) groups is 3. The summed E-state index contributed by atoms with van der Waals surface area (Å²) < 4.78 is 42.3. The van der Waals surface area contributed by atoms with Crippen LogP contribution in [0.5, 0.6) is 40.2 Å². The molecule has 1 unspecified atom stereocenters. The minimum atomic E-state index is -1.44. The molecule has 7 atom stereocenters. The van der Waals surface area contributed by atoms with E-state index in [1.165, 1.54) is 39.0 Å². The van der Waals surface area contributed by atoms with Crippen molar-refractivity contribution in [2.75, 3.05) is 39.9 Å². The minimum absolute atomic E-state index is 0.00834. The number of nitrogens with zero attached hydrogens (tertiary/aromatic N) is 2. The van der Waals surface area contributed by atoms with Gasteiger partial charge in [-0.05, 0) is 72.7 Å². The number of aryl methyl sites for hydroxylation is 1. The summed E-state index contributed by atoms with van der Waals surface area (Å²) in [5.74, 6) is 0.383. The van der Waals surface area contributed by atoms with E-state index in [4.69, 9.17) is 33.2 Å². The van der Waals surface area contributed by atoms with Crippen molar-refractivity contribution in [1.82, 2.24) is 15.5 Å². The third-order valence-electron chi connectivity index (χ3n) is 13.3. The van der Waals surface area contributed by atoms with Gasteiger partial charge in [-0.3, -0.25) is 15.0 Å². The van der Waals surface area contributed by atoms with Crippen molar-refractivity contribution in [3.8, 4) is 46.3 Å². The number of nitrogens with one attached hydrogen (secondary N) is 2. The maximum atomic E-state index is 15.1. The van der Waals surface area contributed by atoms with Crippen LogP contribution in [0.2, 0.25) is 0 Å². The summed E-state index contributed by atoms with van der Waals surface area (Å²) in [5, 5.41) is 29.8. The Labute approximate surface area is 373 Å². The van der Waals surface area contributed by atoms with Crippen molar-refractivity contribution in [3.05, 3.63) is 105 Å². The van der Waals surface area contributed by atoms with E-state index in [2.05, 4.69) is 21.6 Å². The summed E-state index contributed by atoms with van der Waals surface area (Å²) in [6, 6.07) is 14.4. The fraction of sp³-hybridized carbons (Fsp3) is 0.375. The fourth-order valence-electron chi connectivity index (χ4n) is 10.7. The van der Waals surface area contributed by atoms with Crippen molar-refractivity contribution >= 4 is 35.7 Å². The molecule has 1 spiro atoms. The number of ether oxygens (including phenoxy) is 7. The molecule has 330 valence electrons. The van der Waals surface area contributed by atoms with E-state index in [1.54, 1.807) is 18.2 Å². The van der Waals surface area contributed by atoms with Crippen molar-refractivity contribution in [1.29, 1.82) is 5.26 Å². The van der Waals surface area contributed by atoms with E-state index >= 15 is 4.79 Å². The quantitative estimate of drug-likeness (QED) is 0.124. The molecule has 64 heavy (non-hydrogen) atoms. The maximum absolute atomic E-state index is 15.1. The number of benzene rings is 4. The van der Waals surface area contributed by atoms with Gasteiger partial charge in [0, 0.05) is 59.6 Å². The van der Waals surface area contributed by atoms with Crippen LogP contribution in [0.25, 0.3) is 6.08 Å². The summed E-state index contributed by atoms with van der Waals surface area (Å²) >= 11 is 1.45.